The van der Waals surface area contributed by atoms with Gasteiger partial charge in [-0.15, -0.1) is 0 Å². The molecule has 0 aliphatic rings. The molecular weight excluding hydrogens is 208 g/mol. The van der Waals surface area contributed by atoms with E-state index in [-0.39, 0.29) is 0 Å². The molecule has 0 aliphatic heterocycles. The van der Waals surface area contributed by atoms with Crippen molar-refractivity contribution in [2.45, 2.75) is 20.8 Å². The predicted octanol–water partition coefficient (Wildman–Crippen LogP) is 3.02. The van der Waals surface area contributed by atoms with Gasteiger partial charge < -0.3 is 9.80 Å². The molecule has 0 fully saturated rings. The molecule has 0 unspecified atom stereocenters. The molecule has 1 rings (SSSR count). The highest BCUT2D eigenvalue weighted by Gasteiger charge is 2.08. The number of hydrogen-bond acceptors (Lipinski definition) is 2. The van der Waals surface area contributed by atoms with Crippen LogP contribution < -0.4 is 4.90 Å². The molecule has 2 heteroatoms. The van der Waals surface area contributed by atoms with Gasteiger partial charge in [0.1, 0.15) is 0 Å². The lowest BCUT2D eigenvalue weighted by Gasteiger charge is -2.28. The SMILES string of the molecule is Cc1ccc(N(CCN(C)C)CC(C)C)cc1. The summed E-state index contributed by atoms with van der Waals surface area (Å²) in [7, 11) is 4.26. The van der Waals surface area contributed by atoms with Crippen LogP contribution in [0.15, 0.2) is 24.3 Å². The quantitative estimate of drug-likeness (QED) is 0.746. The maximum atomic E-state index is 2.48. The van der Waals surface area contributed by atoms with Gasteiger partial charge in [0.15, 0.2) is 0 Å². The van der Waals surface area contributed by atoms with Gasteiger partial charge in [0, 0.05) is 25.3 Å². The number of nitrogens with zero attached hydrogens (tertiary/aromatic N) is 2. The molecule has 0 bridgehead atoms. The Kier molecular flexibility index (Phi) is 5.49. The third-order valence-electron chi connectivity index (χ3n) is 2.80. The Labute approximate surface area is 106 Å². The summed E-state index contributed by atoms with van der Waals surface area (Å²) in [4.78, 5) is 4.71. The molecule has 1 aromatic carbocycles. The number of aryl methyl sites for hydroxylation is 1. The van der Waals surface area contributed by atoms with E-state index in [1.807, 2.05) is 0 Å². The van der Waals surface area contributed by atoms with E-state index in [4.69, 9.17) is 0 Å². The van der Waals surface area contributed by atoms with E-state index in [1.54, 1.807) is 0 Å². The summed E-state index contributed by atoms with van der Waals surface area (Å²) in [5, 5.41) is 0. The summed E-state index contributed by atoms with van der Waals surface area (Å²) in [6.07, 6.45) is 0. The maximum Gasteiger partial charge on any atom is 0.0366 e. The molecule has 0 heterocycles. The minimum Gasteiger partial charge on any atom is -0.370 e. The molecule has 0 spiro atoms. The van der Waals surface area contributed by atoms with Crippen LogP contribution in [0.2, 0.25) is 0 Å². The van der Waals surface area contributed by atoms with Crippen molar-refractivity contribution in [3.8, 4) is 0 Å². The summed E-state index contributed by atoms with van der Waals surface area (Å²) < 4.78 is 0. The second-order valence-electron chi connectivity index (χ2n) is 5.48. The fraction of sp³-hybridized carbons (Fsp3) is 0.600. The first-order valence-corrected chi connectivity index (χ1v) is 6.45. The van der Waals surface area contributed by atoms with Crippen LogP contribution in [-0.4, -0.2) is 38.6 Å². The predicted molar refractivity (Wildman–Crippen MR) is 76.8 cm³/mol. The Bertz CT molecular complexity index is 314. The molecule has 0 atom stereocenters. The lowest BCUT2D eigenvalue weighted by Crippen LogP contribution is -2.34. The Morgan fingerprint density at radius 2 is 1.59 bits per heavy atom. The van der Waals surface area contributed by atoms with E-state index in [9.17, 15) is 0 Å². The Balaban J connectivity index is 2.70. The smallest absolute Gasteiger partial charge is 0.0366 e. The van der Waals surface area contributed by atoms with E-state index in [1.165, 1.54) is 11.3 Å². The van der Waals surface area contributed by atoms with Gasteiger partial charge in [-0.25, -0.2) is 0 Å². The first kappa shape index (κ1) is 14.0. The van der Waals surface area contributed by atoms with E-state index < -0.39 is 0 Å². The van der Waals surface area contributed by atoms with Crippen LogP contribution in [0.3, 0.4) is 0 Å². The second kappa shape index (κ2) is 6.65. The normalized spacial score (nSPS) is 11.2. The molecule has 0 saturated carbocycles. The zero-order chi connectivity index (χ0) is 12.8. The van der Waals surface area contributed by atoms with Crippen molar-refractivity contribution in [1.82, 2.24) is 4.90 Å². The summed E-state index contributed by atoms with van der Waals surface area (Å²) in [6, 6.07) is 8.84. The molecule has 1 aromatic rings. The first-order valence-electron chi connectivity index (χ1n) is 6.45. The highest BCUT2D eigenvalue weighted by Crippen LogP contribution is 2.16. The van der Waals surface area contributed by atoms with Crippen LogP contribution in [0.4, 0.5) is 5.69 Å². The lowest BCUT2D eigenvalue weighted by molar-refractivity contribution is 0.409. The Morgan fingerprint density at radius 1 is 1.00 bits per heavy atom. The average molecular weight is 234 g/mol. The standard InChI is InChI=1S/C15H26N2/c1-13(2)12-17(11-10-16(4)5)15-8-6-14(3)7-9-15/h6-9,13H,10-12H2,1-5H3. The molecule has 0 aromatic heterocycles. The topological polar surface area (TPSA) is 6.48 Å². The molecule has 0 saturated heterocycles. The molecular formula is C15H26N2. The zero-order valence-corrected chi connectivity index (χ0v) is 11.9. The monoisotopic (exact) mass is 234 g/mol. The number of hydrogen-bond donors (Lipinski definition) is 0. The van der Waals surface area contributed by atoms with Gasteiger partial charge in [0.05, 0.1) is 0 Å². The maximum absolute atomic E-state index is 2.48. The third kappa shape index (κ3) is 5.22. The van der Waals surface area contributed by atoms with Crippen LogP contribution in [0.1, 0.15) is 19.4 Å². The molecule has 17 heavy (non-hydrogen) atoms. The van der Waals surface area contributed by atoms with Crippen molar-refractivity contribution in [2.75, 3.05) is 38.6 Å². The van der Waals surface area contributed by atoms with E-state index in [0.29, 0.717) is 5.92 Å². The van der Waals surface area contributed by atoms with Crippen molar-refractivity contribution >= 4 is 5.69 Å². The van der Waals surface area contributed by atoms with Gasteiger partial charge in [-0.2, -0.15) is 0 Å². The van der Waals surface area contributed by atoms with Crippen molar-refractivity contribution in [1.29, 1.82) is 0 Å². The van der Waals surface area contributed by atoms with Crippen LogP contribution >= 0.6 is 0 Å². The number of rotatable bonds is 6. The van der Waals surface area contributed by atoms with Gasteiger partial charge >= 0.3 is 0 Å². The van der Waals surface area contributed by atoms with E-state index >= 15 is 0 Å². The molecule has 2 nitrogen and oxygen atoms in total. The van der Waals surface area contributed by atoms with Crippen LogP contribution in [0.5, 0.6) is 0 Å². The highest BCUT2D eigenvalue weighted by atomic mass is 15.2. The largest absolute Gasteiger partial charge is 0.370 e. The second-order valence-corrected chi connectivity index (χ2v) is 5.48. The van der Waals surface area contributed by atoms with Crippen molar-refractivity contribution < 1.29 is 0 Å². The van der Waals surface area contributed by atoms with Gasteiger partial charge in [-0.3, -0.25) is 0 Å². The summed E-state index contributed by atoms with van der Waals surface area (Å²) in [6.45, 7) is 10.00. The lowest BCUT2D eigenvalue weighted by atomic mass is 10.1. The van der Waals surface area contributed by atoms with E-state index in [0.717, 1.165) is 19.6 Å². The van der Waals surface area contributed by atoms with Crippen LogP contribution in [-0.2, 0) is 0 Å². The van der Waals surface area contributed by atoms with Crippen LogP contribution in [0.25, 0.3) is 0 Å². The minimum absolute atomic E-state index is 0.693. The van der Waals surface area contributed by atoms with Gasteiger partial charge in [-0.1, -0.05) is 31.5 Å². The van der Waals surface area contributed by atoms with Crippen molar-refractivity contribution in [2.24, 2.45) is 5.92 Å². The summed E-state index contributed by atoms with van der Waals surface area (Å²) >= 11 is 0. The third-order valence-corrected chi connectivity index (χ3v) is 2.80. The van der Waals surface area contributed by atoms with Gasteiger partial charge in [0.25, 0.3) is 0 Å². The van der Waals surface area contributed by atoms with Gasteiger partial charge in [-0.05, 0) is 39.1 Å². The zero-order valence-electron chi connectivity index (χ0n) is 11.9. The summed E-state index contributed by atoms with van der Waals surface area (Å²) in [5.41, 5.74) is 2.66. The number of anilines is 1. The highest BCUT2D eigenvalue weighted by molar-refractivity contribution is 5.47. The number of benzene rings is 1. The molecule has 96 valence electrons. The first-order chi connectivity index (χ1) is 7.99. The molecule has 0 N–H and O–H groups in total. The Hall–Kier alpha value is -1.02. The fourth-order valence-corrected chi connectivity index (χ4v) is 1.84. The van der Waals surface area contributed by atoms with Gasteiger partial charge in [0.2, 0.25) is 0 Å². The fourth-order valence-electron chi connectivity index (χ4n) is 1.84. The minimum atomic E-state index is 0.693. The van der Waals surface area contributed by atoms with Crippen LogP contribution in [0, 0.1) is 12.8 Å². The Morgan fingerprint density at radius 3 is 2.06 bits per heavy atom. The van der Waals surface area contributed by atoms with Crippen molar-refractivity contribution in [3.05, 3.63) is 29.8 Å². The molecule has 0 radical (unpaired) electrons. The number of likely N-dealkylation sites (N-methyl/N-ethyl adjacent to an activating group) is 1. The van der Waals surface area contributed by atoms with E-state index in [2.05, 4.69) is 68.9 Å². The molecule has 0 aliphatic carbocycles. The summed E-state index contributed by atoms with van der Waals surface area (Å²) in [5.74, 6) is 0.693. The average Bonchev–Trinajstić information content (AvgIpc) is 2.25. The van der Waals surface area contributed by atoms with Crippen molar-refractivity contribution in [3.63, 3.8) is 0 Å². The molecule has 0 amide bonds.